The molecule has 128 valence electrons. The van der Waals surface area contributed by atoms with Crippen LogP contribution in [-0.2, 0) is 14.3 Å². The lowest BCUT2D eigenvalue weighted by atomic mass is 10.2. The lowest BCUT2D eigenvalue weighted by molar-refractivity contribution is -0.143. The molecule has 0 spiro atoms. The van der Waals surface area contributed by atoms with Crippen LogP contribution in [0, 0.1) is 0 Å². The zero-order valence-corrected chi connectivity index (χ0v) is 15.4. The number of hydrogen-bond acceptors (Lipinski definition) is 6. The van der Waals surface area contributed by atoms with Crippen molar-refractivity contribution in [3.8, 4) is 11.3 Å². The number of rotatable bonds is 4. The van der Waals surface area contributed by atoms with E-state index >= 15 is 0 Å². The van der Waals surface area contributed by atoms with Gasteiger partial charge in [0.1, 0.15) is 18.1 Å². The Labute approximate surface area is 155 Å². The van der Waals surface area contributed by atoms with Crippen molar-refractivity contribution in [3.63, 3.8) is 0 Å². The van der Waals surface area contributed by atoms with Gasteiger partial charge in [0.25, 0.3) is 11.1 Å². The van der Waals surface area contributed by atoms with E-state index in [2.05, 4.69) is 20.7 Å². The number of methoxy groups -OCH3 is 1. The van der Waals surface area contributed by atoms with Gasteiger partial charge in [0.15, 0.2) is 0 Å². The highest BCUT2D eigenvalue weighted by Gasteiger charge is 2.36. The van der Waals surface area contributed by atoms with E-state index < -0.39 is 23.7 Å². The van der Waals surface area contributed by atoms with Crippen LogP contribution in [-0.4, -0.2) is 35.7 Å². The highest BCUT2D eigenvalue weighted by molar-refractivity contribution is 9.10. The van der Waals surface area contributed by atoms with Gasteiger partial charge in [-0.25, -0.2) is 0 Å². The molecule has 0 N–H and O–H groups in total. The standard InChI is InChI=1S/C17H12BrNO5S/c1-23-15(20)9-19-16(21)14(25-17(19)22)8-12-6-7-13(24-12)10-2-4-11(18)5-3-10/h2-8H,9H2,1H3/b14-8-. The fourth-order valence-corrected chi connectivity index (χ4v) is 3.24. The Kier molecular flexibility index (Phi) is 5.10. The summed E-state index contributed by atoms with van der Waals surface area (Å²) in [6, 6.07) is 11.1. The molecule has 25 heavy (non-hydrogen) atoms. The van der Waals surface area contributed by atoms with Gasteiger partial charge in [-0.1, -0.05) is 28.1 Å². The first-order valence-corrected chi connectivity index (χ1v) is 8.77. The number of esters is 1. The first kappa shape index (κ1) is 17.5. The van der Waals surface area contributed by atoms with Gasteiger partial charge in [-0.05, 0) is 36.0 Å². The number of carbonyl (C=O) groups excluding carboxylic acids is 3. The number of hydrogen-bond donors (Lipinski definition) is 0. The SMILES string of the molecule is COC(=O)CN1C(=O)S/C(=C\c2ccc(-c3ccc(Br)cc3)o2)C1=O. The number of thioether (sulfide) groups is 1. The van der Waals surface area contributed by atoms with Crippen LogP contribution in [0.4, 0.5) is 4.79 Å². The molecule has 6 nitrogen and oxygen atoms in total. The number of ether oxygens (including phenoxy) is 1. The molecule has 0 radical (unpaired) electrons. The van der Waals surface area contributed by atoms with Gasteiger partial charge in [0.05, 0.1) is 12.0 Å². The van der Waals surface area contributed by atoms with Crippen molar-refractivity contribution in [2.24, 2.45) is 0 Å². The molecule has 1 saturated heterocycles. The van der Waals surface area contributed by atoms with Gasteiger partial charge >= 0.3 is 5.97 Å². The number of amides is 2. The predicted octanol–water partition coefficient (Wildman–Crippen LogP) is 3.92. The van der Waals surface area contributed by atoms with Gasteiger partial charge < -0.3 is 9.15 Å². The van der Waals surface area contributed by atoms with E-state index in [1.54, 1.807) is 12.1 Å². The molecule has 1 aromatic heterocycles. The Balaban J connectivity index is 1.79. The fraction of sp³-hybridized carbons (Fsp3) is 0.118. The molecule has 0 aliphatic carbocycles. The maximum atomic E-state index is 12.2. The Morgan fingerprint density at radius 3 is 2.64 bits per heavy atom. The van der Waals surface area contributed by atoms with Gasteiger partial charge in [0, 0.05) is 16.1 Å². The smallest absolute Gasteiger partial charge is 0.325 e. The summed E-state index contributed by atoms with van der Waals surface area (Å²) >= 11 is 4.13. The summed E-state index contributed by atoms with van der Waals surface area (Å²) in [6.45, 7) is -0.402. The average Bonchev–Trinajstić information content (AvgIpc) is 3.16. The highest BCUT2D eigenvalue weighted by atomic mass is 79.9. The van der Waals surface area contributed by atoms with E-state index in [9.17, 15) is 14.4 Å². The largest absolute Gasteiger partial charge is 0.468 e. The van der Waals surface area contributed by atoms with Crippen molar-refractivity contribution < 1.29 is 23.5 Å². The van der Waals surface area contributed by atoms with Gasteiger partial charge in [-0.15, -0.1) is 0 Å². The lowest BCUT2D eigenvalue weighted by Gasteiger charge is -2.09. The molecular weight excluding hydrogens is 410 g/mol. The summed E-state index contributed by atoms with van der Waals surface area (Å²) in [7, 11) is 1.20. The second-order valence-electron chi connectivity index (χ2n) is 5.05. The zero-order valence-electron chi connectivity index (χ0n) is 13.0. The molecular formula is C17H12BrNO5S. The van der Waals surface area contributed by atoms with E-state index in [4.69, 9.17) is 4.42 Å². The Hall–Kier alpha value is -2.32. The van der Waals surface area contributed by atoms with E-state index in [-0.39, 0.29) is 4.91 Å². The molecule has 2 aromatic rings. The number of benzene rings is 1. The minimum Gasteiger partial charge on any atom is -0.468 e. The van der Waals surface area contributed by atoms with Crippen molar-refractivity contribution in [3.05, 3.63) is 51.5 Å². The van der Waals surface area contributed by atoms with Gasteiger partial charge in [0.2, 0.25) is 0 Å². The highest BCUT2D eigenvalue weighted by Crippen LogP contribution is 2.33. The molecule has 8 heteroatoms. The zero-order chi connectivity index (χ0) is 18.0. The molecule has 1 aliphatic rings. The number of carbonyl (C=O) groups is 3. The van der Waals surface area contributed by atoms with Crippen LogP contribution in [0.15, 0.2) is 50.2 Å². The van der Waals surface area contributed by atoms with Crippen molar-refractivity contribution in [2.45, 2.75) is 0 Å². The van der Waals surface area contributed by atoms with Crippen molar-refractivity contribution >= 4 is 50.9 Å². The van der Waals surface area contributed by atoms with Crippen LogP contribution in [0.1, 0.15) is 5.76 Å². The third kappa shape index (κ3) is 3.85. The molecule has 0 atom stereocenters. The monoisotopic (exact) mass is 421 g/mol. The van der Waals surface area contributed by atoms with E-state index in [0.717, 1.165) is 26.7 Å². The molecule has 1 aliphatic heterocycles. The number of halogens is 1. The predicted molar refractivity (Wildman–Crippen MR) is 96.5 cm³/mol. The van der Waals surface area contributed by atoms with Crippen LogP contribution in [0.5, 0.6) is 0 Å². The van der Waals surface area contributed by atoms with Gasteiger partial charge in [-0.3, -0.25) is 19.3 Å². The summed E-state index contributed by atoms with van der Waals surface area (Å²) in [6.07, 6.45) is 1.49. The minimum absolute atomic E-state index is 0.200. The van der Waals surface area contributed by atoms with E-state index in [1.165, 1.54) is 13.2 Å². The number of nitrogens with zero attached hydrogens (tertiary/aromatic N) is 1. The quantitative estimate of drug-likeness (QED) is 0.549. The molecule has 0 bridgehead atoms. The van der Waals surface area contributed by atoms with Crippen LogP contribution >= 0.6 is 27.7 Å². The van der Waals surface area contributed by atoms with Crippen LogP contribution in [0.2, 0.25) is 0 Å². The third-order valence-corrected chi connectivity index (χ3v) is 4.85. The van der Waals surface area contributed by atoms with E-state index in [1.807, 2.05) is 24.3 Å². The van der Waals surface area contributed by atoms with Crippen molar-refractivity contribution in [2.75, 3.05) is 13.7 Å². The van der Waals surface area contributed by atoms with Crippen molar-refractivity contribution in [1.82, 2.24) is 4.90 Å². The summed E-state index contributed by atoms with van der Waals surface area (Å²) < 4.78 is 11.2. The Bertz CT molecular complexity index is 871. The second-order valence-corrected chi connectivity index (χ2v) is 6.96. The molecule has 1 aromatic carbocycles. The summed E-state index contributed by atoms with van der Waals surface area (Å²) in [4.78, 5) is 36.5. The Morgan fingerprint density at radius 2 is 1.96 bits per heavy atom. The van der Waals surface area contributed by atoms with Crippen LogP contribution in [0.25, 0.3) is 17.4 Å². The fourth-order valence-electron chi connectivity index (χ4n) is 2.16. The molecule has 2 amide bonds. The summed E-state index contributed by atoms with van der Waals surface area (Å²) in [5.74, 6) is -0.102. The number of furan rings is 1. The molecule has 1 fully saturated rings. The normalized spacial score (nSPS) is 15.9. The average molecular weight is 422 g/mol. The van der Waals surface area contributed by atoms with Gasteiger partial charge in [-0.2, -0.15) is 0 Å². The lowest BCUT2D eigenvalue weighted by Crippen LogP contribution is -2.34. The third-order valence-electron chi connectivity index (χ3n) is 3.42. The van der Waals surface area contributed by atoms with E-state index in [0.29, 0.717) is 11.5 Å². The molecule has 0 unspecified atom stereocenters. The maximum Gasteiger partial charge on any atom is 0.325 e. The summed E-state index contributed by atoms with van der Waals surface area (Å²) in [5, 5.41) is -0.513. The van der Waals surface area contributed by atoms with Crippen LogP contribution in [0.3, 0.4) is 0 Å². The molecule has 2 heterocycles. The molecule has 0 saturated carbocycles. The summed E-state index contributed by atoms with van der Waals surface area (Å²) in [5.41, 5.74) is 0.890. The molecule has 3 rings (SSSR count). The first-order chi connectivity index (χ1) is 12.0. The Morgan fingerprint density at radius 1 is 1.24 bits per heavy atom. The van der Waals surface area contributed by atoms with Crippen LogP contribution < -0.4 is 0 Å². The number of imide groups is 1. The minimum atomic E-state index is -0.654. The topological polar surface area (TPSA) is 76.8 Å². The first-order valence-electron chi connectivity index (χ1n) is 7.16. The second kappa shape index (κ2) is 7.28. The van der Waals surface area contributed by atoms with Crippen molar-refractivity contribution in [1.29, 1.82) is 0 Å². The maximum absolute atomic E-state index is 12.2.